The Kier molecular flexibility index (Phi) is 4.70. The van der Waals surface area contributed by atoms with Crippen molar-refractivity contribution >= 4 is 11.9 Å². The van der Waals surface area contributed by atoms with E-state index in [1.54, 1.807) is 7.11 Å². The molecule has 6 heteroatoms. The summed E-state index contributed by atoms with van der Waals surface area (Å²) in [5.74, 6) is 0.540. The normalized spacial score (nSPS) is 28.1. The maximum Gasteiger partial charge on any atom is 0.308 e. The number of hydrogen-bond acceptors (Lipinski definition) is 6. The molecule has 1 aromatic carbocycles. The molecule has 0 bridgehead atoms. The summed E-state index contributed by atoms with van der Waals surface area (Å²) in [6, 6.07) is 2.32. The summed E-state index contributed by atoms with van der Waals surface area (Å²) in [5.41, 5.74) is 3.38. The predicted molar refractivity (Wildman–Crippen MR) is 104 cm³/mol. The Morgan fingerprint density at radius 3 is 2.64 bits per heavy atom. The number of ether oxygens (including phenoxy) is 3. The summed E-state index contributed by atoms with van der Waals surface area (Å²) in [5, 5.41) is 0. The highest BCUT2D eigenvalue weighted by Gasteiger charge is 2.50. The molecule has 3 aliphatic rings. The van der Waals surface area contributed by atoms with Gasteiger partial charge in [-0.25, -0.2) is 0 Å². The Hall–Kier alpha value is -2.34. The standard InChI is InChI=1S/C22H27NO5/c1-13(24)27-16-5-8-22(9-6-16)12-17-19-15(7-10-23(17)3)11-18(26-4)21(20(19)22)28-14(2)25/h5,8,11,16-17H,6-7,9-10,12H2,1-4H3/t16-,17+,22+/m0/s1. The first-order chi connectivity index (χ1) is 13.3. The lowest BCUT2D eigenvalue weighted by atomic mass is 9.73. The molecule has 0 aromatic heterocycles. The second kappa shape index (κ2) is 6.92. The summed E-state index contributed by atoms with van der Waals surface area (Å²) in [4.78, 5) is 25.6. The molecular formula is C22H27NO5. The fraction of sp³-hybridized carbons (Fsp3) is 0.545. The van der Waals surface area contributed by atoms with Crippen LogP contribution < -0.4 is 9.47 Å². The number of fused-ring (bicyclic) bond motifs is 1. The average Bonchev–Trinajstić information content (AvgIpc) is 2.97. The van der Waals surface area contributed by atoms with Gasteiger partial charge in [0.1, 0.15) is 6.10 Å². The van der Waals surface area contributed by atoms with Gasteiger partial charge in [-0.05, 0) is 56.0 Å². The molecule has 1 aromatic rings. The molecule has 6 nitrogen and oxygen atoms in total. The van der Waals surface area contributed by atoms with Crippen LogP contribution in [-0.4, -0.2) is 43.6 Å². The van der Waals surface area contributed by atoms with Crippen molar-refractivity contribution in [3.63, 3.8) is 0 Å². The quantitative estimate of drug-likeness (QED) is 0.453. The van der Waals surface area contributed by atoms with E-state index in [4.69, 9.17) is 14.2 Å². The van der Waals surface area contributed by atoms with E-state index in [0.717, 1.165) is 37.8 Å². The zero-order valence-electron chi connectivity index (χ0n) is 16.9. The summed E-state index contributed by atoms with van der Waals surface area (Å²) in [6.45, 7) is 3.85. The van der Waals surface area contributed by atoms with Gasteiger partial charge in [-0.15, -0.1) is 0 Å². The molecule has 1 spiro atoms. The van der Waals surface area contributed by atoms with Gasteiger partial charge in [-0.2, -0.15) is 0 Å². The van der Waals surface area contributed by atoms with Crippen molar-refractivity contribution in [2.45, 2.75) is 57.1 Å². The molecule has 1 heterocycles. The lowest BCUT2D eigenvalue weighted by molar-refractivity contribution is -0.144. The van der Waals surface area contributed by atoms with Crippen LogP contribution in [0, 0.1) is 0 Å². The second-order valence-electron chi connectivity index (χ2n) is 8.10. The summed E-state index contributed by atoms with van der Waals surface area (Å²) < 4.78 is 16.7. The Balaban J connectivity index is 1.87. The van der Waals surface area contributed by atoms with Gasteiger partial charge in [0.05, 0.1) is 7.11 Å². The van der Waals surface area contributed by atoms with Crippen molar-refractivity contribution in [2.24, 2.45) is 0 Å². The van der Waals surface area contributed by atoms with Crippen molar-refractivity contribution in [3.05, 3.63) is 34.9 Å². The predicted octanol–water partition coefficient (Wildman–Crippen LogP) is 3.07. The number of benzene rings is 1. The van der Waals surface area contributed by atoms with Crippen LogP contribution in [-0.2, 0) is 26.2 Å². The SMILES string of the molecule is COc1cc2c3c(c1OC(C)=O)[C@@]1(C=C[C@H](OC(C)=O)CC1)C[C@H]3N(C)CC2. The van der Waals surface area contributed by atoms with Crippen LogP contribution in [0.5, 0.6) is 11.5 Å². The number of carbonyl (C=O) groups is 2. The van der Waals surface area contributed by atoms with Crippen LogP contribution in [0.2, 0.25) is 0 Å². The molecule has 1 aliphatic heterocycles. The summed E-state index contributed by atoms with van der Waals surface area (Å²) >= 11 is 0. The number of rotatable bonds is 3. The zero-order valence-corrected chi connectivity index (χ0v) is 16.9. The maximum absolute atomic E-state index is 11.9. The Bertz CT molecular complexity index is 861. The Morgan fingerprint density at radius 1 is 1.25 bits per heavy atom. The van der Waals surface area contributed by atoms with Gasteiger partial charge in [-0.1, -0.05) is 6.08 Å². The molecule has 0 N–H and O–H groups in total. The Morgan fingerprint density at radius 2 is 2.04 bits per heavy atom. The number of hydrogen-bond donors (Lipinski definition) is 0. The fourth-order valence-electron chi connectivity index (χ4n) is 5.12. The molecule has 150 valence electrons. The molecule has 28 heavy (non-hydrogen) atoms. The third kappa shape index (κ3) is 3.00. The van der Waals surface area contributed by atoms with E-state index in [0.29, 0.717) is 11.5 Å². The third-order valence-corrected chi connectivity index (χ3v) is 6.31. The van der Waals surface area contributed by atoms with Crippen molar-refractivity contribution in [2.75, 3.05) is 20.7 Å². The summed E-state index contributed by atoms with van der Waals surface area (Å²) in [7, 11) is 3.77. The highest BCUT2D eigenvalue weighted by Crippen LogP contribution is 2.59. The molecule has 0 fully saturated rings. The van der Waals surface area contributed by atoms with Gasteiger partial charge in [0.25, 0.3) is 0 Å². The van der Waals surface area contributed by atoms with Crippen LogP contribution in [0.25, 0.3) is 0 Å². The smallest absolute Gasteiger partial charge is 0.308 e. The van der Waals surface area contributed by atoms with Crippen molar-refractivity contribution in [1.29, 1.82) is 0 Å². The highest BCUT2D eigenvalue weighted by molar-refractivity contribution is 5.74. The lowest BCUT2D eigenvalue weighted by Crippen LogP contribution is -2.32. The van der Waals surface area contributed by atoms with Crippen LogP contribution in [0.15, 0.2) is 18.2 Å². The van der Waals surface area contributed by atoms with Gasteiger partial charge in [-0.3, -0.25) is 14.5 Å². The molecule has 0 amide bonds. The third-order valence-electron chi connectivity index (χ3n) is 6.31. The first-order valence-electron chi connectivity index (χ1n) is 9.84. The van der Waals surface area contributed by atoms with Crippen LogP contribution in [0.1, 0.15) is 55.8 Å². The van der Waals surface area contributed by atoms with Gasteiger partial charge >= 0.3 is 11.9 Å². The number of methoxy groups -OCH3 is 1. The molecular weight excluding hydrogens is 358 g/mol. The molecule has 0 radical (unpaired) electrons. The topological polar surface area (TPSA) is 65.1 Å². The van der Waals surface area contributed by atoms with Crippen LogP contribution >= 0.6 is 0 Å². The monoisotopic (exact) mass is 385 g/mol. The maximum atomic E-state index is 11.9. The zero-order chi connectivity index (χ0) is 20.1. The second-order valence-corrected chi connectivity index (χ2v) is 8.10. The minimum Gasteiger partial charge on any atom is -0.493 e. The molecule has 2 aliphatic carbocycles. The first kappa shape index (κ1) is 19.0. The minimum absolute atomic E-state index is 0.198. The van der Waals surface area contributed by atoms with E-state index in [2.05, 4.69) is 18.0 Å². The van der Waals surface area contributed by atoms with E-state index >= 15 is 0 Å². The van der Waals surface area contributed by atoms with E-state index in [-0.39, 0.29) is 29.5 Å². The van der Waals surface area contributed by atoms with E-state index < -0.39 is 0 Å². The van der Waals surface area contributed by atoms with Crippen molar-refractivity contribution in [1.82, 2.24) is 4.90 Å². The van der Waals surface area contributed by atoms with Crippen molar-refractivity contribution in [3.8, 4) is 11.5 Å². The van der Waals surface area contributed by atoms with Crippen LogP contribution in [0.4, 0.5) is 0 Å². The van der Waals surface area contributed by atoms with Gasteiger partial charge < -0.3 is 14.2 Å². The van der Waals surface area contributed by atoms with E-state index in [1.807, 2.05) is 12.1 Å². The number of likely N-dealkylation sites (N-methyl/N-ethyl adjacent to an activating group) is 1. The molecule has 0 unspecified atom stereocenters. The molecule has 0 saturated carbocycles. The van der Waals surface area contributed by atoms with E-state index in [9.17, 15) is 9.59 Å². The molecule has 0 saturated heterocycles. The fourth-order valence-corrected chi connectivity index (χ4v) is 5.12. The molecule has 3 atom stereocenters. The van der Waals surface area contributed by atoms with Gasteiger partial charge in [0.2, 0.25) is 0 Å². The number of nitrogens with zero attached hydrogens (tertiary/aromatic N) is 1. The van der Waals surface area contributed by atoms with E-state index in [1.165, 1.54) is 25.0 Å². The average molecular weight is 385 g/mol. The summed E-state index contributed by atoms with van der Waals surface area (Å²) in [6.07, 6.45) is 7.41. The number of carbonyl (C=O) groups excluding carboxylic acids is 2. The highest BCUT2D eigenvalue weighted by atomic mass is 16.6. The number of esters is 2. The minimum atomic E-state index is -0.352. The van der Waals surface area contributed by atoms with Gasteiger partial charge in [0, 0.05) is 37.4 Å². The molecule has 4 rings (SSSR count). The Labute approximate surface area is 165 Å². The van der Waals surface area contributed by atoms with Crippen LogP contribution in [0.3, 0.4) is 0 Å². The number of allylic oxidation sites excluding steroid dienone is 1. The lowest BCUT2D eigenvalue weighted by Gasteiger charge is -2.34. The van der Waals surface area contributed by atoms with Crippen molar-refractivity contribution < 1.29 is 23.8 Å². The first-order valence-corrected chi connectivity index (χ1v) is 9.84. The van der Waals surface area contributed by atoms with Gasteiger partial charge in [0.15, 0.2) is 11.5 Å². The largest absolute Gasteiger partial charge is 0.493 e.